The number of aromatic amines is 1. The molecule has 0 bridgehead atoms. The maximum atomic E-state index is 14.8. The highest BCUT2D eigenvalue weighted by Crippen LogP contribution is 2.33. The summed E-state index contributed by atoms with van der Waals surface area (Å²) in [4.78, 5) is 148. The number of amides is 8. The van der Waals surface area contributed by atoms with Crippen LogP contribution in [0, 0.1) is 11.8 Å². The first-order chi connectivity index (χ1) is 37.8. The highest BCUT2D eigenvalue weighted by Gasteiger charge is 2.38. The maximum absolute atomic E-state index is 14.8. The number of rotatable bonds is 19. The van der Waals surface area contributed by atoms with Crippen molar-refractivity contribution in [3.63, 3.8) is 0 Å². The van der Waals surface area contributed by atoms with Gasteiger partial charge in [-0.3, -0.25) is 57.9 Å². The molecule has 4 rings (SSSR count). The standard InChI is InChI=1S/C52H72F3N15O10/c1-28(71)66-37(14-8-22-64-51(60)61)47(78)68-38-15-7-20-62-44(75)19-17-36(45(57)76)67-46(77)31(23-32-27-65-35-13-5-3-11-33(32)35)26-41(72)30(10-6-21-63-50(58)59)25-42(73)40(24-29-9-2-4-12-34(29)52(53,54)55)70-49(80)39(69-48(38)79)16-18-43(56)74/h2-5,9,11-13,27,30-31,36-40,65H,6-8,10,14-26H2,1H3,(H2,56,74)(H2,57,76)(H,62,75)(H,66,71)(H,67,77)(H,68,78)(H,69,79)(H,70,80)(H4,58,59,63)(H4,60,61,64)/t30-,31-,36+,37+,38+,39+,40-/m1/s1. The fourth-order valence-corrected chi connectivity index (χ4v) is 9.11. The molecule has 0 radical (unpaired) electrons. The fraction of sp³-hybridized carbons (Fsp3) is 0.500. The van der Waals surface area contributed by atoms with Crippen LogP contribution >= 0.6 is 0 Å². The van der Waals surface area contributed by atoms with Gasteiger partial charge in [-0.25, -0.2) is 0 Å². The number of halogens is 3. The Bertz CT molecular complexity index is 2760. The number of nitrogens with zero attached hydrogens (tertiary/aromatic N) is 2. The van der Waals surface area contributed by atoms with E-state index in [0.29, 0.717) is 16.5 Å². The zero-order valence-corrected chi connectivity index (χ0v) is 44.3. The van der Waals surface area contributed by atoms with E-state index in [1.54, 1.807) is 30.5 Å². The topological polar surface area (TPSA) is 440 Å². The lowest BCUT2D eigenvalue weighted by Crippen LogP contribution is -2.58. The van der Waals surface area contributed by atoms with E-state index in [-0.39, 0.29) is 89.3 Å². The Morgan fingerprint density at radius 2 is 1.38 bits per heavy atom. The molecule has 19 N–H and O–H groups in total. The molecule has 3 aromatic rings. The number of hydrogen-bond donors (Lipinski definition) is 13. The van der Waals surface area contributed by atoms with E-state index in [2.05, 4.69) is 46.9 Å². The second kappa shape index (κ2) is 31.1. The van der Waals surface area contributed by atoms with Crippen LogP contribution in [0.15, 0.2) is 64.7 Å². The molecule has 1 fully saturated rings. The molecule has 2 heterocycles. The number of aliphatic imine (C=N–C) groups is 2. The molecule has 0 aliphatic carbocycles. The summed E-state index contributed by atoms with van der Waals surface area (Å²) in [5, 5.41) is 15.9. The first-order valence-electron chi connectivity index (χ1n) is 26.0. The van der Waals surface area contributed by atoms with Crippen LogP contribution < -0.4 is 66.3 Å². The smallest absolute Gasteiger partial charge is 0.370 e. The van der Waals surface area contributed by atoms with Gasteiger partial charge in [0, 0.05) is 87.6 Å². The first kappa shape index (κ1) is 63.9. The van der Waals surface area contributed by atoms with Crippen molar-refractivity contribution in [2.24, 2.45) is 56.2 Å². The van der Waals surface area contributed by atoms with Crippen molar-refractivity contribution in [2.75, 3.05) is 19.6 Å². The van der Waals surface area contributed by atoms with Gasteiger partial charge in [-0.1, -0.05) is 36.4 Å². The fourth-order valence-electron chi connectivity index (χ4n) is 9.11. The maximum Gasteiger partial charge on any atom is 0.416 e. The van der Waals surface area contributed by atoms with Crippen molar-refractivity contribution >= 4 is 81.6 Å². The molecule has 0 unspecified atom stereocenters. The van der Waals surface area contributed by atoms with Crippen LogP contribution in [0.2, 0.25) is 0 Å². The number of aromatic nitrogens is 1. The molecule has 2 aromatic carbocycles. The third-order valence-electron chi connectivity index (χ3n) is 13.2. The monoisotopic (exact) mass is 1120 g/mol. The van der Waals surface area contributed by atoms with Crippen LogP contribution in [0.5, 0.6) is 0 Å². The number of carbonyl (C=O) groups is 10. The predicted molar refractivity (Wildman–Crippen MR) is 288 cm³/mol. The number of ketones is 2. The number of carbonyl (C=O) groups excluding carboxylic acids is 10. The molecule has 1 aliphatic heterocycles. The highest BCUT2D eigenvalue weighted by molar-refractivity contribution is 5.98. The van der Waals surface area contributed by atoms with Gasteiger partial charge < -0.3 is 71.3 Å². The predicted octanol–water partition coefficient (Wildman–Crippen LogP) is -0.885. The number of hydrogen-bond acceptors (Lipinski definition) is 12. The minimum atomic E-state index is -4.95. The summed E-state index contributed by atoms with van der Waals surface area (Å²) in [5.41, 5.74) is 32.9. The minimum Gasteiger partial charge on any atom is -0.370 e. The van der Waals surface area contributed by atoms with Gasteiger partial charge in [-0.05, 0) is 81.0 Å². The first-order valence-corrected chi connectivity index (χ1v) is 26.0. The molecule has 25 nitrogen and oxygen atoms in total. The van der Waals surface area contributed by atoms with Crippen LogP contribution in [0.25, 0.3) is 10.9 Å². The lowest BCUT2D eigenvalue weighted by atomic mass is 9.83. The minimum absolute atomic E-state index is 0.0245. The Labute approximate surface area is 458 Å². The summed E-state index contributed by atoms with van der Waals surface area (Å²) < 4.78 is 43.6. The van der Waals surface area contributed by atoms with E-state index in [9.17, 15) is 61.1 Å². The molecule has 0 spiro atoms. The van der Waals surface area contributed by atoms with Crippen LogP contribution in [0.1, 0.15) is 101 Å². The van der Waals surface area contributed by atoms with Crippen LogP contribution in [0.3, 0.4) is 0 Å². The molecular weight excluding hydrogens is 1050 g/mol. The van der Waals surface area contributed by atoms with Crippen LogP contribution in [-0.2, 0) is 67.0 Å². The summed E-state index contributed by atoms with van der Waals surface area (Å²) in [5.74, 6) is -11.8. The average molecular weight is 1120 g/mol. The van der Waals surface area contributed by atoms with Gasteiger partial charge in [0.25, 0.3) is 0 Å². The lowest BCUT2D eigenvalue weighted by Gasteiger charge is -2.27. The molecule has 8 amide bonds. The number of alkyl halides is 3. The van der Waals surface area contributed by atoms with E-state index in [0.717, 1.165) is 25.1 Å². The Morgan fingerprint density at radius 3 is 2.04 bits per heavy atom. The summed E-state index contributed by atoms with van der Waals surface area (Å²) >= 11 is 0. The van der Waals surface area contributed by atoms with Crippen LogP contribution in [-0.4, -0.2) is 126 Å². The summed E-state index contributed by atoms with van der Waals surface area (Å²) in [6.07, 6.45) is -7.42. The van der Waals surface area contributed by atoms with Gasteiger partial charge in [-0.2, -0.15) is 13.2 Å². The average Bonchev–Trinajstić information content (AvgIpc) is 3.79. The van der Waals surface area contributed by atoms with E-state index in [1.165, 1.54) is 6.07 Å². The van der Waals surface area contributed by atoms with Crippen molar-refractivity contribution < 1.29 is 61.1 Å². The molecule has 28 heteroatoms. The quantitative estimate of drug-likeness (QED) is 0.0394. The van der Waals surface area contributed by atoms with Gasteiger partial charge in [0.2, 0.25) is 47.3 Å². The molecule has 1 saturated heterocycles. The third-order valence-corrected chi connectivity index (χ3v) is 13.2. The zero-order valence-electron chi connectivity index (χ0n) is 44.3. The van der Waals surface area contributed by atoms with E-state index >= 15 is 0 Å². The number of guanidine groups is 2. The van der Waals surface area contributed by atoms with Crippen molar-refractivity contribution in [1.29, 1.82) is 0 Å². The molecule has 0 saturated carbocycles. The number of Topliss-reactive ketones (excluding diaryl/α,β-unsaturated/α-hetero) is 2. The Hall–Kier alpha value is -8.59. The number of para-hydroxylation sites is 1. The zero-order chi connectivity index (χ0) is 59.1. The normalized spacial score (nSPS) is 20.9. The van der Waals surface area contributed by atoms with Crippen molar-refractivity contribution in [3.05, 3.63) is 71.4 Å². The lowest BCUT2D eigenvalue weighted by molar-refractivity contribution is -0.138. The van der Waals surface area contributed by atoms with Gasteiger partial charge in [0.1, 0.15) is 30.0 Å². The highest BCUT2D eigenvalue weighted by atomic mass is 19.4. The van der Waals surface area contributed by atoms with Gasteiger partial charge in [0.15, 0.2) is 17.7 Å². The summed E-state index contributed by atoms with van der Waals surface area (Å²) in [7, 11) is 0. The van der Waals surface area contributed by atoms with Gasteiger partial charge >= 0.3 is 6.18 Å². The number of nitrogens with two attached hydrogens (primary N) is 6. The van der Waals surface area contributed by atoms with Gasteiger partial charge in [0.05, 0.1) is 11.6 Å². The number of benzene rings is 2. The number of primary amides is 2. The van der Waals surface area contributed by atoms with E-state index in [1.807, 2.05) is 0 Å². The number of H-pyrrole nitrogens is 1. The van der Waals surface area contributed by atoms with E-state index < -0.39 is 150 Å². The Morgan fingerprint density at radius 1 is 0.725 bits per heavy atom. The summed E-state index contributed by atoms with van der Waals surface area (Å²) in [6.45, 7) is 1.03. The SMILES string of the molecule is CC(=O)N[C@@H](CCCN=C(N)N)C(=O)N[C@H]1CCCNC(=O)CC[C@@H](C(N)=O)NC(=O)[C@H](Cc2c[nH]c3ccccc23)CC(=O)[C@H](CCCN=C(N)N)CC(=O)[C@@H](Cc2ccccc2C(F)(F)F)NC(=O)[C@H](CCC(N)=O)NC1=O. The van der Waals surface area contributed by atoms with Gasteiger partial charge in [-0.15, -0.1) is 0 Å². The Kier molecular flexibility index (Phi) is 24.9. The van der Waals surface area contributed by atoms with Crippen molar-refractivity contribution in [3.8, 4) is 0 Å². The van der Waals surface area contributed by atoms with Crippen LogP contribution in [0.4, 0.5) is 13.2 Å². The molecule has 7 atom stereocenters. The second-order valence-electron chi connectivity index (χ2n) is 19.5. The largest absolute Gasteiger partial charge is 0.416 e. The van der Waals surface area contributed by atoms with E-state index in [4.69, 9.17) is 34.4 Å². The number of nitrogens with one attached hydrogen (secondary N) is 7. The Balaban J connectivity index is 1.85. The second-order valence-corrected chi connectivity index (χ2v) is 19.5. The van der Waals surface area contributed by atoms with Crippen molar-refractivity contribution in [1.82, 2.24) is 36.9 Å². The number of fused-ring (bicyclic) bond motifs is 1. The molecule has 436 valence electrons. The molecular formula is C52H72F3N15O10. The van der Waals surface area contributed by atoms with Crippen molar-refractivity contribution in [2.45, 2.75) is 133 Å². The molecule has 80 heavy (non-hydrogen) atoms. The molecule has 1 aliphatic rings. The third kappa shape index (κ3) is 21.3. The summed E-state index contributed by atoms with van der Waals surface area (Å²) in [6, 6.07) is 3.53. The molecule has 1 aromatic heterocycles.